The van der Waals surface area contributed by atoms with E-state index >= 15 is 0 Å². The first kappa shape index (κ1) is 7.94. The monoisotopic (exact) mass is 147 g/mol. The van der Waals surface area contributed by atoms with Crippen molar-refractivity contribution < 1.29 is 15.3 Å². The van der Waals surface area contributed by atoms with Crippen LogP contribution in [0.1, 0.15) is 6.92 Å². The molecule has 3 N–H and O–H groups in total. The van der Waals surface area contributed by atoms with E-state index in [0.29, 0.717) is 6.54 Å². The zero-order chi connectivity index (χ0) is 7.72. The van der Waals surface area contributed by atoms with Crippen LogP contribution in [0, 0.1) is 0 Å². The van der Waals surface area contributed by atoms with Crippen LogP contribution < -0.4 is 0 Å². The quantitative estimate of drug-likeness (QED) is 0.416. The topological polar surface area (TPSA) is 63.9 Å². The Morgan fingerprint density at radius 1 is 1.50 bits per heavy atom. The van der Waals surface area contributed by atoms with Crippen molar-refractivity contribution in [3.63, 3.8) is 0 Å². The lowest BCUT2D eigenvalue weighted by Crippen LogP contribution is -2.33. The average molecular weight is 147 g/mol. The lowest BCUT2D eigenvalue weighted by atomic mass is 10.2. The van der Waals surface area contributed by atoms with Crippen molar-refractivity contribution in [2.24, 2.45) is 0 Å². The Morgan fingerprint density at radius 3 is 2.30 bits per heavy atom. The van der Waals surface area contributed by atoms with E-state index in [1.807, 2.05) is 0 Å². The number of nitrogens with zero attached hydrogens (tertiary/aromatic N) is 1. The highest BCUT2D eigenvalue weighted by Gasteiger charge is 2.35. The Bertz CT molecular complexity index is 120. The SMILES string of the molecule is CC1C(O)C(O)CN1CO. The Balaban J connectivity index is 2.53. The van der Waals surface area contributed by atoms with Gasteiger partial charge >= 0.3 is 0 Å². The fraction of sp³-hybridized carbons (Fsp3) is 1.00. The molecule has 1 aliphatic rings. The van der Waals surface area contributed by atoms with E-state index in [4.69, 9.17) is 15.3 Å². The van der Waals surface area contributed by atoms with Crippen LogP contribution in [0.5, 0.6) is 0 Å². The molecule has 0 aromatic carbocycles. The maximum absolute atomic E-state index is 9.16. The highest BCUT2D eigenvalue weighted by atomic mass is 16.3. The first-order valence-electron chi connectivity index (χ1n) is 3.38. The van der Waals surface area contributed by atoms with Gasteiger partial charge in [-0.05, 0) is 6.92 Å². The van der Waals surface area contributed by atoms with Crippen LogP contribution in [0.3, 0.4) is 0 Å². The van der Waals surface area contributed by atoms with Crippen LogP contribution in [-0.2, 0) is 0 Å². The molecule has 1 fully saturated rings. The van der Waals surface area contributed by atoms with E-state index in [1.54, 1.807) is 11.8 Å². The van der Waals surface area contributed by atoms with Crippen molar-refractivity contribution in [2.45, 2.75) is 25.2 Å². The summed E-state index contributed by atoms with van der Waals surface area (Å²) in [6, 6.07) is -0.139. The minimum Gasteiger partial charge on any atom is -0.389 e. The molecule has 0 aromatic rings. The summed E-state index contributed by atoms with van der Waals surface area (Å²) < 4.78 is 0. The molecule has 4 nitrogen and oxygen atoms in total. The van der Waals surface area contributed by atoms with Gasteiger partial charge in [0.1, 0.15) is 0 Å². The molecule has 1 aliphatic heterocycles. The van der Waals surface area contributed by atoms with Crippen molar-refractivity contribution in [3.05, 3.63) is 0 Å². The third-order valence-electron chi connectivity index (χ3n) is 2.07. The van der Waals surface area contributed by atoms with Gasteiger partial charge in [0.2, 0.25) is 0 Å². The Labute approximate surface area is 59.7 Å². The summed E-state index contributed by atoms with van der Waals surface area (Å²) in [5.41, 5.74) is 0. The molecule has 0 radical (unpaired) electrons. The molecule has 0 aromatic heterocycles. The van der Waals surface area contributed by atoms with E-state index in [2.05, 4.69) is 0 Å². The number of hydrogen-bond donors (Lipinski definition) is 3. The molecule has 0 amide bonds. The van der Waals surface area contributed by atoms with Crippen LogP contribution in [0.2, 0.25) is 0 Å². The Kier molecular flexibility index (Phi) is 2.25. The first-order valence-corrected chi connectivity index (χ1v) is 3.38. The third-order valence-corrected chi connectivity index (χ3v) is 2.07. The van der Waals surface area contributed by atoms with Crippen LogP contribution in [0.15, 0.2) is 0 Å². The number of hydrogen-bond acceptors (Lipinski definition) is 4. The molecule has 1 rings (SSSR count). The molecule has 1 heterocycles. The molecule has 3 atom stereocenters. The van der Waals surface area contributed by atoms with E-state index in [9.17, 15) is 0 Å². The smallest absolute Gasteiger partial charge is 0.0964 e. The molecule has 0 bridgehead atoms. The van der Waals surface area contributed by atoms with Gasteiger partial charge in [-0.15, -0.1) is 0 Å². The van der Waals surface area contributed by atoms with Gasteiger partial charge in [-0.25, -0.2) is 0 Å². The minimum absolute atomic E-state index is 0.102. The number of rotatable bonds is 1. The average Bonchev–Trinajstić information content (AvgIpc) is 2.17. The lowest BCUT2D eigenvalue weighted by molar-refractivity contribution is 0.0365. The number of β-amino-alcohol motifs (C(OH)–C–C–N with tert-alkyl or cyclic N) is 1. The van der Waals surface area contributed by atoms with Crippen molar-refractivity contribution in [3.8, 4) is 0 Å². The maximum atomic E-state index is 9.16. The Hall–Kier alpha value is -0.160. The van der Waals surface area contributed by atoms with E-state index < -0.39 is 12.2 Å². The van der Waals surface area contributed by atoms with Gasteiger partial charge in [-0.2, -0.15) is 0 Å². The summed E-state index contributed by atoms with van der Waals surface area (Å²) in [4.78, 5) is 1.62. The van der Waals surface area contributed by atoms with Crippen LogP contribution in [-0.4, -0.2) is 51.7 Å². The largest absolute Gasteiger partial charge is 0.389 e. The summed E-state index contributed by atoms with van der Waals surface area (Å²) >= 11 is 0. The molecule has 60 valence electrons. The van der Waals surface area contributed by atoms with Crippen molar-refractivity contribution in [1.29, 1.82) is 0 Å². The second-order valence-electron chi connectivity index (χ2n) is 2.71. The van der Waals surface area contributed by atoms with Gasteiger partial charge in [0.05, 0.1) is 18.9 Å². The van der Waals surface area contributed by atoms with Crippen molar-refractivity contribution in [2.75, 3.05) is 13.3 Å². The minimum atomic E-state index is -0.716. The van der Waals surface area contributed by atoms with Crippen LogP contribution in [0.4, 0.5) is 0 Å². The van der Waals surface area contributed by atoms with Gasteiger partial charge in [0, 0.05) is 12.6 Å². The summed E-state index contributed by atoms with van der Waals surface area (Å²) in [7, 11) is 0. The predicted octanol–water partition coefficient (Wildman–Crippen LogP) is -1.64. The third kappa shape index (κ3) is 1.15. The van der Waals surface area contributed by atoms with Gasteiger partial charge in [-0.1, -0.05) is 0 Å². The van der Waals surface area contributed by atoms with Gasteiger partial charge in [0.15, 0.2) is 0 Å². The number of aliphatic hydroxyl groups is 3. The molecule has 0 spiro atoms. The van der Waals surface area contributed by atoms with Crippen LogP contribution >= 0.6 is 0 Å². The molecular weight excluding hydrogens is 134 g/mol. The highest BCUT2D eigenvalue weighted by Crippen LogP contribution is 2.16. The van der Waals surface area contributed by atoms with Crippen LogP contribution in [0.25, 0.3) is 0 Å². The summed E-state index contributed by atoms with van der Waals surface area (Å²) in [6.45, 7) is 2.03. The fourth-order valence-corrected chi connectivity index (χ4v) is 1.24. The number of likely N-dealkylation sites (tertiary alicyclic amines) is 1. The second kappa shape index (κ2) is 2.84. The standard InChI is InChI=1S/C6H13NO3/c1-4-6(10)5(9)2-7(4)3-8/h4-6,8-10H,2-3H2,1H3. The molecule has 0 aliphatic carbocycles. The van der Waals surface area contributed by atoms with Crippen molar-refractivity contribution in [1.82, 2.24) is 4.90 Å². The zero-order valence-electron chi connectivity index (χ0n) is 5.94. The normalized spacial score (nSPS) is 42.6. The van der Waals surface area contributed by atoms with E-state index in [1.165, 1.54) is 0 Å². The number of aliphatic hydroxyl groups excluding tert-OH is 3. The molecule has 10 heavy (non-hydrogen) atoms. The van der Waals surface area contributed by atoms with Crippen molar-refractivity contribution >= 4 is 0 Å². The molecule has 0 saturated carbocycles. The highest BCUT2D eigenvalue weighted by molar-refractivity contribution is 4.89. The lowest BCUT2D eigenvalue weighted by Gasteiger charge is -2.18. The fourth-order valence-electron chi connectivity index (χ4n) is 1.24. The Morgan fingerprint density at radius 2 is 2.10 bits per heavy atom. The van der Waals surface area contributed by atoms with E-state index in [0.717, 1.165) is 0 Å². The summed E-state index contributed by atoms with van der Waals surface area (Å²) in [5.74, 6) is 0. The van der Waals surface area contributed by atoms with Gasteiger partial charge in [-0.3, -0.25) is 4.90 Å². The van der Waals surface area contributed by atoms with E-state index in [-0.39, 0.29) is 12.8 Å². The summed E-state index contributed by atoms with van der Waals surface area (Å²) in [6.07, 6.45) is -1.42. The predicted molar refractivity (Wildman–Crippen MR) is 35.3 cm³/mol. The molecule has 3 unspecified atom stereocenters. The molecule has 4 heteroatoms. The van der Waals surface area contributed by atoms with Gasteiger partial charge < -0.3 is 15.3 Å². The van der Waals surface area contributed by atoms with Gasteiger partial charge in [0.25, 0.3) is 0 Å². The second-order valence-corrected chi connectivity index (χ2v) is 2.71. The maximum Gasteiger partial charge on any atom is 0.0964 e. The zero-order valence-corrected chi connectivity index (χ0v) is 5.94. The molecule has 1 saturated heterocycles. The first-order chi connectivity index (χ1) is 4.66. The molecular formula is C6H13NO3. The summed E-state index contributed by atoms with van der Waals surface area (Å²) in [5, 5.41) is 26.9.